The van der Waals surface area contributed by atoms with E-state index >= 15 is 0 Å². The lowest BCUT2D eigenvalue weighted by molar-refractivity contribution is -0.123. The molecule has 3 rings (SSSR count). The minimum atomic E-state index is -5.59. The first-order chi connectivity index (χ1) is 19.4. The number of ether oxygens (including phenoxy) is 2. The van der Waals surface area contributed by atoms with Crippen molar-refractivity contribution >= 4 is 27.1 Å². The highest BCUT2D eigenvalue weighted by atomic mass is 31.2. The summed E-state index contributed by atoms with van der Waals surface area (Å²) in [7, 11) is -11.1. The number of hydrogen-bond donors (Lipinski definition) is 10. The Balaban J connectivity index is 1.82. The molecule has 1 amide bonds. The van der Waals surface area contributed by atoms with E-state index in [1.54, 1.807) is 0 Å². The lowest BCUT2D eigenvalue weighted by Crippen LogP contribution is -2.53. The van der Waals surface area contributed by atoms with Crippen molar-refractivity contribution in [1.82, 2.24) is 14.9 Å². The minimum Gasteiger partial charge on any atom is -0.481 e. The summed E-state index contributed by atoms with van der Waals surface area (Å²) >= 11 is 0. The largest absolute Gasteiger partial charge is 0.527 e. The number of nitrogens with two attached hydrogens (primary N) is 1. The van der Waals surface area contributed by atoms with Crippen LogP contribution in [0.25, 0.3) is 0 Å². The highest BCUT2D eigenvalue weighted by Crippen LogP contribution is 2.57. The second kappa shape index (κ2) is 13.3. The monoisotopic (exact) mass is 644 g/mol. The molecule has 9 atom stereocenters. The van der Waals surface area contributed by atoms with Gasteiger partial charge < -0.3 is 60.4 Å². The number of rotatable bonds is 11. The molecule has 1 aromatic heterocycles. The smallest absolute Gasteiger partial charge is 0.481 e. The zero-order valence-corrected chi connectivity index (χ0v) is 23.3. The zero-order valence-electron chi connectivity index (χ0n) is 21.6. The van der Waals surface area contributed by atoms with E-state index in [0.717, 1.165) is 29.8 Å². The summed E-state index contributed by atoms with van der Waals surface area (Å²) in [5.41, 5.74) is 2.91. The van der Waals surface area contributed by atoms with Crippen LogP contribution in [0.2, 0.25) is 0 Å². The van der Waals surface area contributed by atoms with Gasteiger partial charge in [0.1, 0.15) is 36.3 Å². The number of aliphatic hydroxyl groups excluding tert-OH is 5. The molecule has 20 nitrogen and oxygen atoms in total. The fourth-order valence-electron chi connectivity index (χ4n) is 3.92. The van der Waals surface area contributed by atoms with Crippen LogP contribution in [0.1, 0.15) is 13.2 Å². The van der Waals surface area contributed by atoms with Gasteiger partial charge in [-0.25, -0.2) is 9.36 Å². The highest BCUT2D eigenvalue weighted by Gasteiger charge is 2.46. The fourth-order valence-corrected chi connectivity index (χ4v) is 5.76. The SMILES string of the molecule is CC(=O)N[C@@H]1C=C/C(=C(/OP(=O)(O)OC[C@H]2O[C@@H](n3ccc(N)nc3=O)C(O)[C@H]2O)P(=O)(O)O)OC1[C@H](O)[C@H](O)CO. The summed E-state index contributed by atoms with van der Waals surface area (Å²) in [4.78, 5) is 56.9. The zero-order chi connectivity index (χ0) is 31.6. The molecule has 2 aliphatic rings. The molecular formula is C20H30N4O16P2. The van der Waals surface area contributed by atoms with Gasteiger partial charge in [-0.15, -0.1) is 0 Å². The molecule has 1 saturated heterocycles. The average Bonchev–Trinajstić information content (AvgIpc) is 3.18. The van der Waals surface area contributed by atoms with Gasteiger partial charge >= 0.3 is 21.1 Å². The Morgan fingerprint density at radius 2 is 1.90 bits per heavy atom. The Kier molecular flexibility index (Phi) is 10.7. The molecule has 0 spiro atoms. The standard InChI is InChI=1S/C20H30N4O16P2/c1-8(26)22-9-2-3-11(38-17(9)14(28)10(27)6-25)19(41(32,33)34)40-42(35,36)37-7-12-15(29)16(30)18(39-12)24-5-4-13(21)23-20(24)31/h2-5,9-10,12,14-18,25,27-30H,6-7H2,1H3,(H,22,26)(H,35,36)(H2,21,23,31)(H2,32,33,34)/b19-11+/t9-,10-,12-,14-,15+,16?,17?,18-/m1/s1. The van der Waals surface area contributed by atoms with Crippen LogP contribution in [0.15, 0.2) is 40.5 Å². The number of anilines is 1. The van der Waals surface area contributed by atoms with Crippen LogP contribution in [-0.4, -0.2) is 112 Å². The first kappa shape index (κ1) is 33.8. The molecule has 0 aromatic carbocycles. The maximum Gasteiger partial charge on any atom is 0.527 e. The van der Waals surface area contributed by atoms with Gasteiger partial charge in [0.2, 0.25) is 5.91 Å². The third-order valence-electron chi connectivity index (χ3n) is 5.90. The molecule has 3 heterocycles. The lowest BCUT2D eigenvalue weighted by atomic mass is 9.98. The number of allylic oxidation sites excluding steroid dienone is 1. The Bertz CT molecular complexity index is 1360. The molecule has 0 saturated carbocycles. The van der Waals surface area contributed by atoms with Crippen LogP contribution in [0.4, 0.5) is 5.82 Å². The number of nitrogen functional groups attached to an aromatic ring is 1. The number of aliphatic hydroxyl groups is 5. The number of carbonyl (C=O) groups excluding carboxylic acids is 1. The van der Waals surface area contributed by atoms with Crippen molar-refractivity contribution in [3.63, 3.8) is 0 Å². The number of phosphoric acid groups is 1. The van der Waals surface area contributed by atoms with Crippen LogP contribution in [-0.2, 0) is 32.4 Å². The topological polar surface area (TPSA) is 323 Å². The predicted molar refractivity (Wildman–Crippen MR) is 135 cm³/mol. The van der Waals surface area contributed by atoms with E-state index in [2.05, 4.69) is 14.8 Å². The predicted octanol–water partition coefficient (Wildman–Crippen LogP) is -3.90. The van der Waals surface area contributed by atoms with Crippen LogP contribution in [0.3, 0.4) is 0 Å². The van der Waals surface area contributed by atoms with Gasteiger partial charge in [-0.3, -0.25) is 23.3 Å². The van der Waals surface area contributed by atoms with Crippen LogP contribution in [0, 0.1) is 0 Å². The van der Waals surface area contributed by atoms with Crippen molar-refractivity contribution in [1.29, 1.82) is 0 Å². The van der Waals surface area contributed by atoms with E-state index in [0.29, 0.717) is 0 Å². The van der Waals surface area contributed by atoms with Gasteiger partial charge in [0.05, 0.1) is 19.3 Å². The van der Waals surface area contributed by atoms with Crippen molar-refractivity contribution in [2.45, 2.75) is 55.8 Å². The number of hydrogen-bond acceptors (Lipinski definition) is 15. The average molecular weight is 644 g/mol. The first-order valence-electron chi connectivity index (χ1n) is 11.9. The van der Waals surface area contributed by atoms with E-state index in [1.165, 1.54) is 6.07 Å². The van der Waals surface area contributed by atoms with Crippen molar-refractivity contribution in [3.05, 3.63) is 46.2 Å². The maximum atomic E-state index is 12.7. The normalized spacial score (nSPS) is 30.1. The fraction of sp³-hybridized carbons (Fsp3) is 0.550. The molecule has 236 valence electrons. The Labute approximate surface area is 236 Å². The van der Waals surface area contributed by atoms with Crippen molar-refractivity contribution in [2.24, 2.45) is 0 Å². The highest BCUT2D eigenvalue weighted by molar-refractivity contribution is 7.57. The van der Waals surface area contributed by atoms with Gasteiger partial charge in [-0.05, 0) is 12.1 Å². The lowest BCUT2D eigenvalue weighted by Gasteiger charge is -2.35. The summed E-state index contributed by atoms with van der Waals surface area (Å²) in [6.45, 7) is -0.868. The number of amides is 1. The molecule has 1 fully saturated rings. The second-order valence-corrected chi connectivity index (χ2v) is 11.9. The molecule has 1 aromatic rings. The summed E-state index contributed by atoms with van der Waals surface area (Å²) < 4.78 is 45.7. The first-order valence-corrected chi connectivity index (χ1v) is 15.0. The van der Waals surface area contributed by atoms with E-state index in [1.807, 2.05) is 0 Å². The molecule has 0 aliphatic carbocycles. The Hall–Kier alpha value is -2.71. The van der Waals surface area contributed by atoms with E-state index < -0.39 is 100 Å². The third-order valence-corrected chi connectivity index (χ3v) is 7.78. The number of nitrogens with one attached hydrogen (secondary N) is 1. The molecule has 0 bridgehead atoms. The molecule has 42 heavy (non-hydrogen) atoms. The number of phosphoric ester groups is 1. The van der Waals surface area contributed by atoms with Gasteiger partial charge in [0.25, 0.3) is 5.50 Å². The van der Waals surface area contributed by atoms with Gasteiger partial charge in [0.15, 0.2) is 18.1 Å². The number of nitrogens with zero attached hydrogens (tertiary/aromatic N) is 2. The van der Waals surface area contributed by atoms with Crippen molar-refractivity contribution in [2.75, 3.05) is 18.9 Å². The molecule has 22 heteroatoms. The quantitative estimate of drug-likeness (QED) is 0.0812. The number of aromatic nitrogens is 2. The van der Waals surface area contributed by atoms with E-state index in [-0.39, 0.29) is 5.82 Å². The molecule has 11 N–H and O–H groups in total. The van der Waals surface area contributed by atoms with Crippen LogP contribution >= 0.6 is 15.4 Å². The van der Waals surface area contributed by atoms with E-state index in [4.69, 9.17) is 24.8 Å². The van der Waals surface area contributed by atoms with E-state index in [9.17, 15) is 53.8 Å². The van der Waals surface area contributed by atoms with Crippen molar-refractivity contribution < 1.29 is 72.7 Å². The summed E-state index contributed by atoms with van der Waals surface area (Å²) in [5, 5.41) is 52.3. The number of carbonyl (C=O) groups is 1. The summed E-state index contributed by atoms with van der Waals surface area (Å²) in [6.07, 6.45) is -9.03. The summed E-state index contributed by atoms with van der Waals surface area (Å²) in [5.74, 6) is -1.66. The Morgan fingerprint density at radius 1 is 1.24 bits per heavy atom. The van der Waals surface area contributed by atoms with Crippen molar-refractivity contribution in [3.8, 4) is 0 Å². The second-order valence-electron chi connectivity index (χ2n) is 9.07. The Morgan fingerprint density at radius 3 is 2.48 bits per heavy atom. The maximum absolute atomic E-state index is 12.7. The van der Waals surface area contributed by atoms with Crippen LogP contribution in [0.5, 0.6) is 0 Å². The molecule has 0 radical (unpaired) electrons. The van der Waals surface area contributed by atoms with Gasteiger partial charge in [0, 0.05) is 13.1 Å². The molecular weight excluding hydrogens is 614 g/mol. The summed E-state index contributed by atoms with van der Waals surface area (Å²) in [6, 6.07) is 0.0104. The molecule has 3 unspecified atom stereocenters. The molecule has 2 aliphatic heterocycles. The van der Waals surface area contributed by atoms with Gasteiger partial charge in [-0.2, -0.15) is 4.98 Å². The van der Waals surface area contributed by atoms with Crippen LogP contribution < -0.4 is 16.7 Å². The van der Waals surface area contributed by atoms with Gasteiger partial charge in [-0.1, -0.05) is 6.08 Å². The minimum absolute atomic E-state index is 0.134. The third kappa shape index (κ3) is 8.01.